The van der Waals surface area contributed by atoms with Gasteiger partial charge in [-0.3, -0.25) is 0 Å². The zero-order chi connectivity index (χ0) is 9.36. The van der Waals surface area contributed by atoms with Crippen molar-refractivity contribution in [2.24, 2.45) is 0 Å². The van der Waals surface area contributed by atoms with E-state index in [1.54, 1.807) is 0 Å². The molecule has 0 aromatic rings. The number of rotatable bonds is 0. The van der Waals surface area contributed by atoms with Crippen molar-refractivity contribution in [2.45, 2.75) is 18.4 Å². The Hall–Kier alpha value is -0.170. The fourth-order valence-electron chi connectivity index (χ4n) is 1.74. The number of hydrogen-bond acceptors (Lipinski definition) is 4. The Labute approximate surface area is 77.9 Å². The van der Waals surface area contributed by atoms with Crippen LogP contribution in [0.1, 0.15) is 12.8 Å². The molecule has 2 saturated heterocycles. The summed E-state index contributed by atoms with van der Waals surface area (Å²) in [5.41, 5.74) is -0.240. The quantitative estimate of drug-likeness (QED) is 0.534. The molecule has 2 aliphatic rings. The maximum atomic E-state index is 11.0. The first-order chi connectivity index (χ1) is 6.12. The lowest BCUT2D eigenvalue weighted by molar-refractivity contribution is -0.0482. The van der Waals surface area contributed by atoms with Gasteiger partial charge in [0.1, 0.15) is 0 Å². The number of ether oxygens (including phenoxy) is 1. The van der Waals surface area contributed by atoms with Gasteiger partial charge in [0.2, 0.25) is 10.0 Å². The van der Waals surface area contributed by atoms with Gasteiger partial charge in [-0.05, 0) is 25.9 Å². The standard InChI is InChI=1S/C7H14N2O3S/c10-13(11)6-12-7(5-9-13)1-3-8-4-2-7/h8-9H,1-6H2. The molecule has 0 aromatic carbocycles. The van der Waals surface area contributed by atoms with E-state index in [2.05, 4.69) is 10.0 Å². The predicted octanol–water partition coefficient (Wildman–Crippen LogP) is -0.984. The van der Waals surface area contributed by atoms with Gasteiger partial charge in [-0.2, -0.15) is 0 Å². The molecule has 5 nitrogen and oxygen atoms in total. The van der Waals surface area contributed by atoms with Crippen LogP contribution in [0.25, 0.3) is 0 Å². The van der Waals surface area contributed by atoms with Crippen LogP contribution in [0.5, 0.6) is 0 Å². The minimum absolute atomic E-state index is 0.188. The molecule has 6 heteroatoms. The molecule has 0 atom stereocenters. The van der Waals surface area contributed by atoms with E-state index in [1.165, 1.54) is 0 Å². The van der Waals surface area contributed by atoms with Gasteiger partial charge in [0.15, 0.2) is 5.94 Å². The molecule has 13 heavy (non-hydrogen) atoms. The van der Waals surface area contributed by atoms with Gasteiger partial charge in [0, 0.05) is 6.54 Å². The van der Waals surface area contributed by atoms with E-state index in [0.29, 0.717) is 6.54 Å². The average molecular weight is 206 g/mol. The third-order valence-electron chi connectivity index (χ3n) is 2.65. The smallest absolute Gasteiger partial charge is 0.235 e. The monoisotopic (exact) mass is 206 g/mol. The average Bonchev–Trinajstić information content (AvgIpc) is 2.13. The van der Waals surface area contributed by atoms with E-state index in [-0.39, 0.29) is 11.5 Å². The topological polar surface area (TPSA) is 67.4 Å². The molecule has 0 aliphatic carbocycles. The summed E-state index contributed by atoms with van der Waals surface area (Å²) in [4.78, 5) is 0. The van der Waals surface area contributed by atoms with Crippen molar-refractivity contribution >= 4 is 10.0 Å². The minimum atomic E-state index is -3.15. The van der Waals surface area contributed by atoms with Gasteiger partial charge in [0.25, 0.3) is 0 Å². The highest BCUT2D eigenvalue weighted by Crippen LogP contribution is 2.25. The molecule has 0 aromatic heterocycles. The number of hydrogen-bond donors (Lipinski definition) is 2. The SMILES string of the molecule is O=S1(=O)COC2(CCNCC2)CN1. The Bertz CT molecular complexity index is 266. The van der Waals surface area contributed by atoms with Gasteiger partial charge in [0.05, 0.1) is 5.60 Å². The van der Waals surface area contributed by atoms with Crippen LogP contribution in [-0.2, 0) is 14.8 Å². The van der Waals surface area contributed by atoms with Crippen LogP contribution >= 0.6 is 0 Å². The molecule has 0 radical (unpaired) electrons. The van der Waals surface area contributed by atoms with Crippen molar-refractivity contribution in [1.82, 2.24) is 10.0 Å². The first kappa shape index (κ1) is 9.39. The van der Waals surface area contributed by atoms with Gasteiger partial charge < -0.3 is 10.1 Å². The van der Waals surface area contributed by atoms with Crippen LogP contribution in [-0.4, -0.2) is 39.6 Å². The second kappa shape index (κ2) is 3.20. The van der Waals surface area contributed by atoms with Crippen molar-refractivity contribution in [3.63, 3.8) is 0 Å². The first-order valence-electron chi connectivity index (χ1n) is 4.44. The molecule has 2 N–H and O–H groups in total. The Morgan fingerprint density at radius 2 is 1.92 bits per heavy atom. The van der Waals surface area contributed by atoms with Crippen molar-refractivity contribution in [1.29, 1.82) is 0 Å². The number of sulfonamides is 1. The molecule has 0 amide bonds. The Balaban J connectivity index is 2.03. The summed E-state index contributed by atoms with van der Waals surface area (Å²) in [5, 5.41) is 3.22. The van der Waals surface area contributed by atoms with Crippen LogP contribution in [0.4, 0.5) is 0 Å². The number of piperidine rings is 1. The fraction of sp³-hybridized carbons (Fsp3) is 1.00. The highest BCUT2D eigenvalue weighted by Gasteiger charge is 2.38. The number of nitrogens with one attached hydrogen (secondary N) is 2. The Morgan fingerprint density at radius 1 is 1.23 bits per heavy atom. The van der Waals surface area contributed by atoms with Gasteiger partial charge in [-0.15, -0.1) is 0 Å². The highest BCUT2D eigenvalue weighted by atomic mass is 32.2. The van der Waals surface area contributed by atoms with E-state index < -0.39 is 10.0 Å². The summed E-state index contributed by atoms with van der Waals surface area (Å²) >= 11 is 0. The minimum Gasteiger partial charge on any atom is -0.356 e. The van der Waals surface area contributed by atoms with E-state index in [4.69, 9.17) is 4.74 Å². The molecule has 2 fully saturated rings. The maximum Gasteiger partial charge on any atom is 0.235 e. The second-order valence-electron chi connectivity index (χ2n) is 3.63. The molecule has 0 saturated carbocycles. The third-order valence-corrected chi connectivity index (χ3v) is 3.66. The van der Waals surface area contributed by atoms with Crippen molar-refractivity contribution < 1.29 is 13.2 Å². The molecule has 2 rings (SSSR count). The van der Waals surface area contributed by atoms with E-state index >= 15 is 0 Å². The van der Waals surface area contributed by atoms with E-state index in [9.17, 15) is 8.42 Å². The second-order valence-corrected chi connectivity index (χ2v) is 5.38. The summed E-state index contributed by atoms with van der Waals surface area (Å²) in [5.74, 6) is -0.188. The third kappa shape index (κ3) is 2.01. The predicted molar refractivity (Wildman–Crippen MR) is 47.7 cm³/mol. The Morgan fingerprint density at radius 3 is 2.46 bits per heavy atom. The molecular formula is C7H14N2O3S. The van der Waals surface area contributed by atoms with Crippen molar-refractivity contribution in [3.8, 4) is 0 Å². The lowest BCUT2D eigenvalue weighted by Crippen LogP contribution is -2.56. The zero-order valence-corrected chi connectivity index (χ0v) is 8.19. The van der Waals surface area contributed by atoms with Crippen LogP contribution in [0.2, 0.25) is 0 Å². The van der Waals surface area contributed by atoms with Gasteiger partial charge in [-0.1, -0.05) is 0 Å². The molecule has 0 bridgehead atoms. The van der Waals surface area contributed by atoms with Crippen LogP contribution < -0.4 is 10.0 Å². The molecular weight excluding hydrogens is 192 g/mol. The lowest BCUT2D eigenvalue weighted by Gasteiger charge is -2.40. The molecule has 76 valence electrons. The van der Waals surface area contributed by atoms with Crippen LogP contribution in [0.3, 0.4) is 0 Å². The van der Waals surface area contributed by atoms with Crippen LogP contribution in [0, 0.1) is 0 Å². The maximum absolute atomic E-state index is 11.0. The van der Waals surface area contributed by atoms with Gasteiger partial charge >= 0.3 is 0 Å². The summed E-state index contributed by atoms with van der Waals surface area (Å²) < 4.78 is 30.0. The Kier molecular flexibility index (Phi) is 2.31. The van der Waals surface area contributed by atoms with Crippen molar-refractivity contribution in [3.05, 3.63) is 0 Å². The molecule has 2 aliphatic heterocycles. The fourth-order valence-corrected chi connectivity index (χ4v) is 2.71. The van der Waals surface area contributed by atoms with E-state index in [0.717, 1.165) is 25.9 Å². The molecule has 1 spiro atoms. The highest BCUT2D eigenvalue weighted by molar-refractivity contribution is 7.89. The van der Waals surface area contributed by atoms with Crippen LogP contribution in [0.15, 0.2) is 0 Å². The summed E-state index contributed by atoms with van der Waals surface area (Å²) in [6.45, 7) is 2.24. The molecule has 2 heterocycles. The normalized spacial score (nSPS) is 31.7. The first-order valence-corrected chi connectivity index (χ1v) is 6.09. The van der Waals surface area contributed by atoms with Crippen molar-refractivity contribution in [2.75, 3.05) is 25.6 Å². The zero-order valence-electron chi connectivity index (χ0n) is 7.38. The summed E-state index contributed by atoms with van der Waals surface area (Å²) in [6.07, 6.45) is 1.77. The summed E-state index contributed by atoms with van der Waals surface area (Å²) in [7, 11) is -3.15. The molecule has 0 unspecified atom stereocenters. The summed E-state index contributed by atoms with van der Waals surface area (Å²) in [6, 6.07) is 0. The lowest BCUT2D eigenvalue weighted by atomic mass is 9.92. The van der Waals surface area contributed by atoms with E-state index in [1.807, 2.05) is 0 Å². The largest absolute Gasteiger partial charge is 0.356 e. The van der Waals surface area contributed by atoms with Gasteiger partial charge in [-0.25, -0.2) is 13.1 Å².